The van der Waals surface area contributed by atoms with Gasteiger partial charge in [-0.1, -0.05) is 0 Å². The quantitative estimate of drug-likeness (QED) is 0.565. The molecule has 0 aliphatic carbocycles. The molecular weight excluding hydrogens is 434 g/mol. The lowest BCUT2D eigenvalue weighted by atomic mass is 10.1. The van der Waals surface area contributed by atoms with E-state index in [1.807, 2.05) is 6.92 Å². The van der Waals surface area contributed by atoms with Gasteiger partial charge in [0, 0.05) is 18.2 Å². The first-order valence-electron chi connectivity index (χ1n) is 10.3. The molecule has 174 valence electrons. The summed E-state index contributed by atoms with van der Waals surface area (Å²) in [5.41, 5.74) is 1.20. The normalized spacial score (nSPS) is 16.9. The predicted octanol–water partition coefficient (Wildman–Crippen LogP) is 2.94. The molecule has 0 unspecified atom stereocenters. The highest BCUT2D eigenvalue weighted by molar-refractivity contribution is 7.91. The summed E-state index contributed by atoms with van der Waals surface area (Å²) in [5, 5.41) is 0. The van der Waals surface area contributed by atoms with Crippen LogP contribution < -0.4 is 18.9 Å². The van der Waals surface area contributed by atoms with Crippen LogP contribution in [-0.4, -0.2) is 64.7 Å². The molecule has 0 radical (unpaired) electrons. The summed E-state index contributed by atoms with van der Waals surface area (Å²) < 4.78 is 46.0. The average molecular weight is 464 g/mol. The van der Waals surface area contributed by atoms with Crippen LogP contribution in [0.1, 0.15) is 29.3 Å². The minimum absolute atomic E-state index is 0.0554. The molecule has 1 amide bonds. The highest BCUT2D eigenvalue weighted by Crippen LogP contribution is 2.39. The Kier molecular flexibility index (Phi) is 7.50. The lowest BCUT2D eigenvalue weighted by molar-refractivity contribution is 0.0680. The molecule has 0 bridgehead atoms. The fourth-order valence-corrected chi connectivity index (χ4v) is 5.57. The van der Waals surface area contributed by atoms with Crippen molar-refractivity contribution in [2.75, 3.05) is 39.4 Å². The number of amides is 1. The topological polar surface area (TPSA) is 91.4 Å². The number of rotatable bonds is 9. The first-order valence-corrected chi connectivity index (χ1v) is 12.2. The summed E-state index contributed by atoms with van der Waals surface area (Å²) in [6, 6.07) is 9.97. The van der Waals surface area contributed by atoms with Gasteiger partial charge in [-0.3, -0.25) is 4.79 Å². The summed E-state index contributed by atoms with van der Waals surface area (Å²) in [6.45, 7) is 2.61. The van der Waals surface area contributed by atoms with Crippen LogP contribution in [0.3, 0.4) is 0 Å². The summed E-state index contributed by atoms with van der Waals surface area (Å²) in [7, 11) is 1.38. The van der Waals surface area contributed by atoms with Gasteiger partial charge in [-0.05, 0) is 55.3 Å². The zero-order valence-electron chi connectivity index (χ0n) is 18.8. The molecule has 32 heavy (non-hydrogen) atoms. The Labute approximate surface area is 188 Å². The first kappa shape index (κ1) is 23.7. The van der Waals surface area contributed by atoms with Crippen LogP contribution in [0, 0.1) is 0 Å². The van der Waals surface area contributed by atoms with Gasteiger partial charge >= 0.3 is 0 Å². The van der Waals surface area contributed by atoms with E-state index >= 15 is 0 Å². The molecule has 3 rings (SSSR count). The Morgan fingerprint density at radius 3 is 2.12 bits per heavy atom. The van der Waals surface area contributed by atoms with Crippen molar-refractivity contribution in [1.82, 2.24) is 4.90 Å². The van der Waals surface area contributed by atoms with Crippen LogP contribution in [0.15, 0.2) is 36.4 Å². The SMILES string of the molecule is CCOc1ccc(C(=O)N(Cc2cc(OC)c(OC)c(OC)c2)[C@H]2CCS(=O)(=O)C2)cc1. The molecule has 2 aromatic rings. The third-order valence-electron chi connectivity index (χ3n) is 5.40. The van der Waals surface area contributed by atoms with Crippen LogP contribution in [0.25, 0.3) is 0 Å². The van der Waals surface area contributed by atoms with E-state index in [1.165, 1.54) is 21.3 Å². The number of hydrogen-bond acceptors (Lipinski definition) is 7. The second-order valence-electron chi connectivity index (χ2n) is 7.48. The highest BCUT2D eigenvalue weighted by Gasteiger charge is 2.35. The molecule has 9 heteroatoms. The van der Waals surface area contributed by atoms with E-state index in [2.05, 4.69) is 0 Å². The monoisotopic (exact) mass is 463 g/mol. The summed E-state index contributed by atoms with van der Waals surface area (Å²) in [6.07, 6.45) is 0.398. The third-order valence-corrected chi connectivity index (χ3v) is 7.15. The van der Waals surface area contributed by atoms with Crippen molar-refractivity contribution in [3.63, 3.8) is 0 Å². The number of benzene rings is 2. The average Bonchev–Trinajstić information content (AvgIpc) is 3.16. The Balaban J connectivity index is 1.96. The van der Waals surface area contributed by atoms with Crippen molar-refractivity contribution in [3.8, 4) is 23.0 Å². The number of methoxy groups -OCH3 is 3. The van der Waals surface area contributed by atoms with Gasteiger partial charge < -0.3 is 23.8 Å². The Hall–Kier alpha value is -2.94. The van der Waals surface area contributed by atoms with Gasteiger partial charge in [-0.25, -0.2) is 8.42 Å². The van der Waals surface area contributed by atoms with Gasteiger partial charge in [0.25, 0.3) is 5.91 Å². The molecule has 0 aromatic heterocycles. The predicted molar refractivity (Wildman–Crippen MR) is 121 cm³/mol. The van der Waals surface area contributed by atoms with Crippen molar-refractivity contribution >= 4 is 15.7 Å². The fourth-order valence-electron chi connectivity index (χ4n) is 3.84. The maximum absolute atomic E-state index is 13.5. The number of carbonyl (C=O) groups is 1. The minimum atomic E-state index is -3.18. The lowest BCUT2D eigenvalue weighted by Crippen LogP contribution is -2.40. The number of ether oxygens (including phenoxy) is 4. The van der Waals surface area contributed by atoms with Crippen LogP contribution >= 0.6 is 0 Å². The van der Waals surface area contributed by atoms with Crippen molar-refractivity contribution in [2.24, 2.45) is 0 Å². The summed E-state index contributed by atoms with van der Waals surface area (Å²) >= 11 is 0. The van der Waals surface area contributed by atoms with Crippen LogP contribution in [0.2, 0.25) is 0 Å². The Bertz CT molecular complexity index is 1030. The molecule has 1 atom stereocenters. The fraction of sp³-hybridized carbons (Fsp3) is 0.435. The van der Waals surface area contributed by atoms with Crippen LogP contribution in [0.5, 0.6) is 23.0 Å². The molecule has 0 saturated carbocycles. The van der Waals surface area contributed by atoms with Crippen molar-refractivity contribution in [2.45, 2.75) is 25.9 Å². The number of sulfone groups is 1. The maximum Gasteiger partial charge on any atom is 0.254 e. The van der Waals surface area contributed by atoms with Gasteiger partial charge in [0.1, 0.15) is 5.75 Å². The van der Waals surface area contributed by atoms with E-state index in [1.54, 1.807) is 41.3 Å². The van der Waals surface area contributed by atoms with E-state index in [0.29, 0.717) is 41.6 Å². The molecule has 1 aliphatic rings. The van der Waals surface area contributed by atoms with Crippen molar-refractivity contribution in [3.05, 3.63) is 47.5 Å². The summed E-state index contributed by atoms with van der Waals surface area (Å²) in [4.78, 5) is 15.1. The van der Waals surface area contributed by atoms with E-state index in [0.717, 1.165) is 5.56 Å². The zero-order valence-corrected chi connectivity index (χ0v) is 19.6. The van der Waals surface area contributed by atoms with E-state index in [9.17, 15) is 13.2 Å². The smallest absolute Gasteiger partial charge is 0.254 e. The lowest BCUT2D eigenvalue weighted by Gasteiger charge is -2.29. The van der Waals surface area contributed by atoms with Gasteiger partial charge in [0.15, 0.2) is 21.3 Å². The summed E-state index contributed by atoms with van der Waals surface area (Å²) in [5.74, 6) is 1.82. The van der Waals surface area contributed by atoms with Crippen LogP contribution in [-0.2, 0) is 16.4 Å². The number of nitrogens with zero attached hydrogens (tertiary/aromatic N) is 1. The molecular formula is C23H29NO7S. The van der Waals surface area contributed by atoms with Crippen molar-refractivity contribution < 1.29 is 32.2 Å². The second kappa shape index (κ2) is 10.1. The van der Waals surface area contributed by atoms with E-state index in [-0.39, 0.29) is 24.0 Å². The standard InChI is InChI=1S/C23H29NO7S/c1-5-31-19-8-6-17(7-9-19)23(25)24(18-10-11-32(26,27)15-18)14-16-12-20(28-2)22(30-4)21(13-16)29-3/h6-9,12-13,18H,5,10-11,14-15H2,1-4H3/t18-/m0/s1. The van der Waals surface area contributed by atoms with E-state index in [4.69, 9.17) is 18.9 Å². The molecule has 2 aromatic carbocycles. The van der Waals surface area contributed by atoms with Crippen molar-refractivity contribution in [1.29, 1.82) is 0 Å². The second-order valence-corrected chi connectivity index (χ2v) is 9.71. The Morgan fingerprint density at radius 1 is 1.03 bits per heavy atom. The van der Waals surface area contributed by atoms with Gasteiger partial charge in [-0.2, -0.15) is 0 Å². The maximum atomic E-state index is 13.5. The zero-order chi connectivity index (χ0) is 23.3. The number of carbonyl (C=O) groups excluding carboxylic acids is 1. The molecule has 0 spiro atoms. The molecule has 1 fully saturated rings. The number of hydrogen-bond donors (Lipinski definition) is 0. The van der Waals surface area contributed by atoms with E-state index < -0.39 is 15.9 Å². The largest absolute Gasteiger partial charge is 0.494 e. The molecule has 1 saturated heterocycles. The molecule has 1 heterocycles. The van der Waals surface area contributed by atoms with Gasteiger partial charge in [-0.15, -0.1) is 0 Å². The Morgan fingerprint density at radius 2 is 1.66 bits per heavy atom. The molecule has 0 N–H and O–H groups in total. The molecule has 8 nitrogen and oxygen atoms in total. The minimum Gasteiger partial charge on any atom is -0.494 e. The van der Waals surface area contributed by atoms with Crippen LogP contribution in [0.4, 0.5) is 0 Å². The third kappa shape index (κ3) is 5.27. The van der Waals surface area contributed by atoms with Gasteiger partial charge in [0.2, 0.25) is 5.75 Å². The van der Waals surface area contributed by atoms with Gasteiger partial charge in [0.05, 0.1) is 39.4 Å². The molecule has 1 aliphatic heterocycles. The first-order chi connectivity index (χ1) is 15.3. The highest BCUT2D eigenvalue weighted by atomic mass is 32.2.